The fourth-order valence-electron chi connectivity index (χ4n) is 3.56. The molecule has 0 spiro atoms. The molecule has 1 aliphatic heterocycles. The third-order valence-electron chi connectivity index (χ3n) is 4.63. The van der Waals surface area contributed by atoms with Gasteiger partial charge in [0, 0.05) is 17.5 Å². The molecule has 3 atom stereocenters. The van der Waals surface area contributed by atoms with Crippen LogP contribution in [0.3, 0.4) is 0 Å². The first-order valence-corrected chi connectivity index (χ1v) is 10.4. The second kappa shape index (κ2) is 9.26. The monoisotopic (exact) mass is 435 g/mol. The highest BCUT2D eigenvalue weighted by Gasteiger charge is 2.38. The minimum absolute atomic E-state index is 0. The van der Waals surface area contributed by atoms with E-state index < -0.39 is 45.6 Å². The van der Waals surface area contributed by atoms with E-state index in [1.165, 1.54) is 30.3 Å². The predicted octanol–water partition coefficient (Wildman–Crippen LogP) is 3.75. The molecule has 3 rings (SSSR count). The zero-order valence-corrected chi connectivity index (χ0v) is 16.7. The maximum absolute atomic E-state index is 14.6. The summed E-state index contributed by atoms with van der Waals surface area (Å²) in [5.74, 6) is -3.74. The predicted molar refractivity (Wildman–Crippen MR) is 103 cm³/mol. The van der Waals surface area contributed by atoms with Crippen LogP contribution in [0.5, 0.6) is 0 Å². The lowest BCUT2D eigenvalue weighted by molar-refractivity contribution is 0.151. The van der Waals surface area contributed by atoms with Gasteiger partial charge in [-0.3, -0.25) is 4.18 Å². The molecule has 0 amide bonds. The third-order valence-corrected chi connectivity index (χ3v) is 5.21. The SMILES string of the molecule is CS(=O)(=O)O[C@H]([C@H](c1cccc(F)c1)c1cccc(F)c1F)[C@H]1CCCN1.Cl. The zero-order valence-electron chi connectivity index (χ0n) is 15.1. The van der Waals surface area contributed by atoms with Gasteiger partial charge in [0.25, 0.3) is 10.1 Å². The van der Waals surface area contributed by atoms with Crippen LogP contribution >= 0.6 is 12.4 Å². The third kappa shape index (κ3) is 5.26. The first kappa shape index (κ1) is 22.7. The summed E-state index contributed by atoms with van der Waals surface area (Å²) in [5, 5.41) is 3.15. The van der Waals surface area contributed by atoms with E-state index in [1.54, 1.807) is 6.07 Å². The van der Waals surface area contributed by atoms with Crippen LogP contribution in [0.15, 0.2) is 42.5 Å². The minimum atomic E-state index is -3.90. The van der Waals surface area contributed by atoms with Gasteiger partial charge >= 0.3 is 0 Å². The highest BCUT2D eigenvalue weighted by atomic mass is 35.5. The first-order valence-electron chi connectivity index (χ1n) is 8.57. The van der Waals surface area contributed by atoms with Crippen molar-refractivity contribution < 1.29 is 25.8 Å². The Morgan fingerprint density at radius 3 is 2.46 bits per heavy atom. The normalized spacial score (nSPS) is 19.1. The molecule has 1 saturated heterocycles. The lowest BCUT2D eigenvalue weighted by atomic mass is 9.82. The van der Waals surface area contributed by atoms with Crippen molar-refractivity contribution in [3.8, 4) is 0 Å². The molecule has 2 aromatic rings. The summed E-state index contributed by atoms with van der Waals surface area (Å²) in [6.45, 7) is 0.649. The molecule has 154 valence electrons. The van der Waals surface area contributed by atoms with Gasteiger partial charge in [-0.1, -0.05) is 24.3 Å². The van der Waals surface area contributed by atoms with Gasteiger partial charge in [-0.25, -0.2) is 13.2 Å². The lowest BCUT2D eigenvalue weighted by Crippen LogP contribution is -2.42. The minimum Gasteiger partial charge on any atom is -0.311 e. The van der Waals surface area contributed by atoms with Crippen molar-refractivity contribution in [2.45, 2.75) is 30.9 Å². The van der Waals surface area contributed by atoms with Gasteiger partial charge < -0.3 is 5.32 Å². The van der Waals surface area contributed by atoms with Crippen LogP contribution in [-0.4, -0.2) is 33.4 Å². The van der Waals surface area contributed by atoms with Crippen LogP contribution < -0.4 is 5.32 Å². The molecule has 0 saturated carbocycles. The number of nitrogens with one attached hydrogen (secondary N) is 1. The van der Waals surface area contributed by atoms with Gasteiger partial charge in [0.15, 0.2) is 11.6 Å². The average molecular weight is 436 g/mol. The Labute approximate surface area is 168 Å². The molecule has 1 heterocycles. The largest absolute Gasteiger partial charge is 0.311 e. The second-order valence-corrected chi connectivity index (χ2v) is 8.24. The van der Waals surface area contributed by atoms with Crippen LogP contribution in [0.1, 0.15) is 29.9 Å². The fourth-order valence-corrected chi connectivity index (χ4v) is 4.20. The molecule has 1 N–H and O–H groups in total. The molecule has 1 aliphatic rings. The summed E-state index contributed by atoms with van der Waals surface area (Å²) < 4.78 is 71.5. The zero-order chi connectivity index (χ0) is 19.6. The van der Waals surface area contributed by atoms with E-state index in [9.17, 15) is 21.6 Å². The van der Waals surface area contributed by atoms with E-state index in [-0.39, 0.29) is 18.0 Å². The van der Waals surface area contributed by atoms with Crippen LogP contribution in [0.2, 0.25) is 0 Å². The molecule has 0 aliphatic carbocycles. The Hall–Kier alpha value is -1.61. The van der Waals surface area contributed by atoms with E-state index >= 15 is 0 Å². The van der Waals surface area contributed by atoms with Crippen molar-refractivity contribution in [2.75, 3.05) is 12.8 Å². The number of halogens is 4. The van der Waals surface area contributed by atoms with E-state index in [1.807, 2.05) is 0 Å². The standard InChI is InChI=1S/C19H20F3NO3S.ClH/c1-27(24,25)26-19(16-9-4-10-23-16)17(12-5-2-6-13(20)11-12)14-7-3-8-15(21)18(14)22;/h2-3,5-8,11,16-17,19,23H,4,9-10H2,1H3;1H/t16-,17-,19+;/m1./s1. The molecule has 4 nitrogen and oxygen atoms in total. The molecular weight excluding hydrogens is 415 g/mol. The molecule has 0 radical (unpaired) electrons. The summed E-state index contributed by atoms with van der Waals surface area (Å²) in [5.41, 5.74) is 0.227. The smallest absolute Gasteiger partial charge is 0.264 e. The summed E-state index contributed by atoms with van der Waals surface area (Å²) in [6, 6.07) is 8.66. The number of rotatable bonds is 6. The Morgan fingerprint density at radius 1 is 1.14 bits per heavy atom. The molecule has 2 aromatic carbocycles. The second-order valence-electron chi connectivity index (χ2n) is 6.64. The molecular formula is C19H21ClF3NO3S. The van der Waals surface area contributed by atoms with Crippen LogP contribution in [0.25, 0.3) is 0 Å². The molecule has 9 heteroatoms. The van der Waals surface area contributed by atoms with Crippen LogP contribution in [0.4, 0.5) is 13.2 Å². The summed E-state index contributed by atoms with van der Waals surface area (Å²) in [4.78, 5) is 0. The molecule has 0 bridgehead atoms. The van der Waals surface area contributed by atoms with E-state index in [4.69, 9.17) is 4.18 Å². The van der Waals surface area contributed by atoms with Gasteiger partial charge in [0.2, 0.25) is 0 Å². The summed E-state index contributed by atoms with van der Waals surface area (Å²) >= 11 is 0. The van der Waals surface area contributed by atoms with E-state index in [0.717, 1.165) is 18.7 Å². The van der Waals surface area contributed by atoms with Crippen molar-refractivity contribution in [1.82, 2.24) is 5.32 Å². The van der Waals surface area contributed by atoms with E-state index in [2.05, 4.69) is 5.32 Å². The van der Waals surface area contributed by atoms with Gasteiger partial charge in [-0.05, 0) is 43.1 Å². The van der Waals surface area contributed by atoms with Crippen LogP contribution in [-0.2, 0) is 14.3 Å². The highest BCUT2D eigenvalue weighted by Crippen LogP contribution is 2.36. The Bertz CT molecular complexity index is 920. The number of benzene rings is 2. The van der Waals surface area contributed by atoms with Crippen molar-refractivity contribution in [3.05, 3.63) is 71.0 Å². The molecule has 0 aromatic heterocycles. The van der Waals surface area contributed by atoms with Gasteiger partial charge in [-0.15, -0.1) is 12.4 Å². The quantitative estimate of drug-likeness (QED) is 0.702. The Morgan fingerprint density at radius 2 is 1.86 bits per heavy atom. The van der Waals surface area contributed by atoms with Crippen molar-refractivity contribution in [3.63, 3.8) is 0 Å². The average Bonchev–Trinajstić information content (AvgIpc) is 3.11. The maximum atomic E-state index is 14.6. The van der Waals surface area contributed by atoms with Crippen LogP contribution in [0, 0.1) is 17.5 Å². The van der Waals surface area contributed by atoms with Crippen molar-refractivity contribution >= 4 is 22.5 Å². The van der Waals surface area contributed by atoms with Gasteiger partial charge in [0.05, 0.1) is 6.26 Å². The first-order chi connectivity index (χ1) is 12.8. The Balaban J connectivity index is 0.00000280. The van der Waals surface area contributed by atoms with Crippen molar-refractivity contribution in [2.24, 2.45) is 0 Å². The fraction of sp³-hybridized carbons (Fsp3) is 0.368. The number of hydrogen-bond acceptors (Lipinski definition) is 4. The molecule has 1 fully saturated rings. The van der Waals surface area contributed by atoms with Gasteiger partial charge in [-0.2, -0.15) is 8.42 Å². The van der Waals surface area contributed by atoms with Crippen molar-refractivity contribution in [1.29, 1.82) is 0 Å². The number of hydrogen-bond donors (Lipinski definition) is 1. The lowest BCUT2D eigenvalue weighted by Gasteiger charge is -2.32. The molecule has 28 heavy (non-hydrogen) atoms. The summed E-state index contributed by atoms with van der Waals surface area (Å²) in [7, 11) is -3.90. The van der Waals surface area contributed by atoms with E-state index in [0.29, 0.717) is 18.5 Å². The molecule has 0 unspecified atom stereocenters. The maximum Gasteiger partial charge on any atom is 0.264 e. The highest BCUT2D eigenvalue weighted by molar-refractivity contribution is 7.86. The summed E-state index contributed by atoms with van der Waals surface area (Å²) in [6.07, 6.45) is 1.23. The topological polar surface area (TPSA) is 55.4 Å². The Kier molecular flexibility index (Phi) is 7.50. The van der Waals surface area contributed by atoms with Gasteiger partial charge in [0.1, 0.15) is 11.9 Å².